The van der Waals surface area contributed by atoms with Gasteiger partial charge in [0, 0.05) is 13.7 Å². The van der Waals surface area contributed by atoms with Crippen LogP contribution in [0.25, 0.3) is 0 Å². The van der Waals surface area contributed by atoms with E-state index in [0.29, 0.717) is 0 Å². The van der Waals surface area contributed by atoms with E-state index in [2.05, 4.69) is 13.2 Å². The van der Waals surface area contributed by atoms with Crippen LogP contribution in [-0.2, 0) is 4.74 Å². The molecule has 0 rings (SSSR count). The fourth-order valence-electron chi connectivity index (χ4n) is 0.546. The predicted molar refractivity (Wildman–Crippen MR) is 40.4 cm³/mol. The van der Waals surface area contributed by atoms with Crippen LogP contribution < -0.4 is 0 Å². The third-order valence-electron chi connectivity index (χ3n) is 1.14. The molecule has 0 aromatic heterocycles. The van der Waals surface area contributed by atoms with Crippen molar-refractivity contribution in [3.8, 4) is 0 Å². The van der Waals surface area contributed by atoms with Gasteiger partial charge in [0.25, 0.3) is 0 Å². The van der Waals surface area contributed by atoms with E-state index >= 15 is 0 Å². The Balaban J connectivity index is 3.07. The molecule has 0 aliphatic carbocycles. The van der Waals surface area contributed by atoms with E-state index in [1.807, 2.05) is 0 Å². The second-order valence-corrected chi connectivity index (χ2v) is 1.96. The van der Waals surface area contributed by atoms with Gasteiger partial charge in [-0.15, -0.1) is 0 Å². The lowest BCUT2D eigenvalue weighted by atomic mass is 10.2. The molecule has 0 amide bonds. The molecule has 0 aliphatic rings. The van der Waals surface area contributed by atoms with Crippen LogP contribution in [0.1, 0.15) is 12.8 Å². The summed E-state index contributed by atoms with van der Waals surface area (Å²) in [6, 6.07) is 0. The van der Waals surface area contributed by atoms with Gasteiger partial charge in [0.1, 0.15) is 0 Å². The zero-order chi connectivity index (χ0) is 7.11. The van der Waals surface area contributed by atoms with Crippen LogP contribution in [0.5, 0.6) is 0 Å². The highest BCUT2D eigenvalue weighted by atomic mass is 16.5. The number of rotatable bonds is 5. The molecular weight excluding hydrogens is 112 g/mol. The quantitative estimate of drug-likeness (QED) is 0.405. The van der Waals surface area contributed by atoms with Crippen LogP contribution >= 0.6 is 0 Å². The molecule has 0 N–H and O–H groups in total. The molecule has 9 heavy (non-hydrogen) atoms. The summed E-state index contributed by atoms with van der Waals surface area (Å²) >= 11 is 0. The molecule has 0 spiro atoms. The third-order valence-corrected chi connectivity index (χ3v) is 1.14. The second kappa shape index (κ2) is 5.57. The van der Waals surface area contributed by atoms with Crippen molar-refractivity contribution in [2.24, 2.45) is 0 Å². The number of ether oxygens (including phenoxy) is 1. The van der Waals surface area contributed by atoms with E-state index in [1.165, 1.54) is 0 Å². The zero-order valence-corrected chi connectivity index (χ0v) is 6.02. The lowest BCUT2D eigenvalue weighted by Crippen LogP contribution is -1.87. The van der Waals surface area contributed by atoms with Gasteiger partial charge in [-0.25, -0.2) is 0 Å². The highest BCUT2D eigenvalue weighted by Gasteiger charge is 1.86. The molecule has 0 radical (unpaired) electrons. The van der Waals surface area contributed by atoms with Gasteiger partial charge in [-0.3, -0.25) is 0 Å². The van der Waals surface area contributed by atoms with Crippen LogP contribution in [0.15, 0.2) is 24.8 Å². The minimum atomic E-state index is 0.812. The van der Waals surface area contributed by atoms with Crippen LogP contribution in [0.4, 0.5) is 0 Å². The van der Waals surface area contributed by atoms with Gasteiger partial charge in [-0.1, -0.05) is 24.8 Å². The maximum atomic E-state index is 4.86. The second-order valence-electron chi connectivity index (χ2n) is 1.96. The van der Waals surface area contributed by atoms with Crippen molar-refractivity contribution < 1.29 is 4.74 Å². The van der Waals surface area contributed by atoms with Crippen LogP contribution in [-0.4, -0.2) is 13.7 Å². The van der Waals surface area contributed by atoms with E-state index in [9.17, 15) is 0 Å². The molecule has 0 heterocycles. The van der Waals surface area contributed by atoms with Crippen molar-refractivity contribution in [2.45, 2.75) is 12.8 Å². The SMILES string of the molecule is C=CC(=C)CCCOC. The number of methoxy groups -OCH3 is 1. The van der Waals surface area contributed by atoms with E-state index in [1.54, 1.807) is 13.2 Å². The summed E-state index contributed by atoms with van der Waals surface area (Å²) in [4.78, 5) is 0. The molecule has 0 atom stereocenters. The maximum absolute atomic E-state index is 4.86. The van der Waals surface area contributed by atoms with Crippen molar-refractivity contribution >= 4 is 0 Å². The van der Waals surface area contributed by atoms with Crippen molar-refractivity contribution in [2.75, 3.05) is 13.7 Å². The summed E-state index contributed by atoms with van der Waals surface area (Å²) < 4.78 is 4.86. The lowest BCUT2D eigenvalue weighted by molar-refractivity contribution is 0.195. The minimum absolute atomic E-state index is 0.812. The number of hydrogen-bond donors (Lipinski definition) is 0. The van der Waals surface area contributed by atoms with Crippen molar-refractivity contribution in [3.05, 3.63) is 24.8 Å². The fourth-order valence-corrected chi connectivity index (χ4v) is 0.546. The molecule has 0 saturated heterocycles. The fraction of sp³-hybridized carbons (Fsp3) is 0.500. The van der Waals surface area contributed by atoms with Crippen molar-refractivity contribution in [1.82, 2.24) is 0 Å². The van der Waals surface area contributed by atoms with Gasteiger partial charge >= 0.3 is 0 Å². The van der Waals surface area contributed by atoms with Gasteiger partial charge in [0.2, 0.25) is 0 Å². The number of hydrogen-bond acceptors (Lipinski definition) is 1. The molecule has 1 heteroatoms. The number of allylic oxidation sites excluding steroid dienone is 2. The van der Waals surface area contributed by atoms with Crippen LogP contribution in [0.2, 0.25) is 0 Å². The molecule has 0 aromatic rings. The van der Waals surface area contributed by atoms with E-state index in [0.717, 1.165) is 25.0 Å². The average Bonchev–Trinajstić information content (AvgIpc) is 1.89. The Hall–Kier alpha value is -0.560. The van der Waals surface area contributed by atoms with Gasteiger partial charge in [0.15, 0.2) is 0 Å². The topological polar surface area (TPSA) is 9.23 Å². The summed E-state index contributed by atoms with van der Waals surface area (Å²) in [5.41, 5.74) is 1.09. The van der Waals surface area contributed by atoms with Crippen LogP contribution in [0.3, 0.4) is 0 Å². The molecule has 0 saturated carbocycles. The molecule has 0 fully saturated rings. The standard InChI is InChI=1S/C8H14O/c1-4-8(2)6-5-7-9-3/h4H,1-2,5-7H2,3H3. The molecule has 0 aliphatic heterocycles. The first-order valence-electron chi connectivity index (χ1n) is 3.10. The van der Waals surface area contributed by atoms with Gasteiger partial charge in [-0.05, 0) is 12.8 Å². The normalized spacial score (nSPS) is 9.00. The first kappa shape index (κ1) is 8.44. The van der Waals surface area contributed by atoms with Crippen molar-refractivity contribution in [3.63, 3.8) is 0 Å². The Labute approximate surface area is 57.0 Å². The Bertz CT molecular complexity index is 94.7. The molecular formula is C8H14O. The highest BCUT2D eigenvalue weighted by Crippen LogP contribution is 2.01. The Morgan fingerprint density at radius 3 is 2.78 bits per heavy atom. The van der Waals surface area contributed by atoms with E-state index in [4.69, 9.17) is 4.74 Å². The van der Waals surface area contributed by atoms with E-state index < -0.39 is 0 Å². The summed E-state index contributed by atoms with van der Waals surface area (Å²) in [6.07, 6.45) is 3.83. The maximum Gasteiger partial charge on any atom is 0.0465 e. The minimum Gasteiger partial charge on any atom is -0.385 e. The molecule has 0 unspecified atom stereocenters. The monoisotopic (exact) mass is 126 g/mol. The molecule has 0 aromatic carbocycles. The smallest absolute Gasteiger partial charge is 0.0465 e. The Kier molecular flexibility index (Phi) is 5.23. The average molecular weight is 126 g/mol. The van der Waals surface area contributed by atoms with Crippen LogP contribution in [0, 0.1) is 0 Å². The molecule has 1 nitrogen and oxygen atoms in total. The molecule has 0 bridgehead atoms. The summed E-state index contributed by atoms with van der Waals surface area (Å²) in [7, 11) is 1.71. The summed E-state index contributed by atoms with van der Waals surface area (Å²) in [6.45, 7) is 8.18. The summed E-state index contributed by atoms with van der Waals surface area (Å²) in [5, 5.41) is 0. The largest absolute Gasteiger partial charge is 0.385 e. The first-order valence-corrected chi connectivity index (χ1v) is 3.10. The first-order chi connectivity index (χ1) is 4.31. The highest BCUT2D eigenvalue weighted by molar-refractivity contribution is 5.10. The zero-order valence-electron chi connectivity index (χ0n) is 6.02. The van der Waals surface area contributed by atoms with Gasteiger partial charge < -0.3 is 4.74 Å². The van der Waals surface area contributed by atoms with E-state index in [-0.39, 0.29) is 0 Å². The van der Waals surface area contributed by atoms with Gasteiger partial charge in [-0.2, -0.15) is 0 Å². The lowest BCUT2D eigenvalue weighted by Gasteiger charge is -1.97. The Morgan fingerprint density at radius 1 is 1.67 bits per heavy atom. The third kappa shape index (κ3) is 5.31. The van der Waals surface area contributed by atoms with Gasteiger partial charge in [0.05, 0.1) is 0 Å². The Morgan fingerprint density at radius 2 is 2.33 bits per heavy atom. The summed E-state index contributed by atoms with van der Waals surface area (Å²) in [5.74, 6) is 0. The predicted octanol–water partition coefficient (Wildman–Crippen LogP) is 2.16. The van der Waals surface area contributed by atoms with Crippen molar-refractivity contribution in [1.29, 1.82) is 0 Å². The molecule has 52 valence electrons.